The molecule has 0 aliphatic carbocycles. The van der Waals surface area contributed by atoms with Crippen molar-refractivity contribution < 1.29 is 31.5 Å². The number of hydrogen-bond acceptors (Lipinski definition) is 2. The van der Waals surface area contributed by atoms with Crippen LogP contribution in [0.1, 0.15) is 27.9 Å². The molecule has 1 aliphatic heterocycles. The number of anilines is 2. The van der Waals surface area contributed by atoms with Crippen LogP contribution in [0.2, 0.25) is 0 Å². The fraction of sp³-hybridized carbons (Fsp3) is 0.200. The van der Waals surface area contributed by atoms with Crippen molar-refractivity contribution in [3.63, 3.8) is 0 Å². The van der Waals surface area contributed by atoms with Crippen molar-refractivity contribution in [3.8, 4) is 0 Å². The van der Waals surface area contributed by atoms with E-state index in [9.17, 15) is 31.5 Å². The Kier molecular flexibility index (Phi) is 6.72. The van der Waals surface area contributed by atoms with E-state index in [1.165, 1.54) is 28.0 Å². The first-order chi connectivity index (χ1) is 16.6. The van der Waals surface area contributed by atoms with Crippen LogP contribution in [-0.2, 0) is 12.7 Å². The first-order valence-electron chi connectivity index (χ1n) is 10.7. The SMILES string of the molecule is O=C(Nc1ccc(N2CCCN(Cc3cccc(C(F)(F)F)c3)C2=O)cc1)c1ccc(F)cc1F. The van der Waals surface area contributed by atoms with Gasteiger partial charge in [0, 0.05) is 37.1 Å². The second kappa shape index (κ2) is 9.73. The zero-order chi connectivity index (χ0) is 25.2. The van der Waals surface area contributed by atoms with E-state index in [4.69, 9.17) is 0 Å². The Morgan fingerprint density at radius 1 is 0.943 bits per heavy atom. The standard InChI is InChI=1S/C25H20F5N3O2/c26-18-5-10-21(22(27)14-18)23(34)31-19-6-8-20(9-7-19)33-12-2-11-32(24(33)35)15-16-3-1-4-17(13-16)25(28,29)30/h1,3-10,13-14H,2,11-12,15H2,(H,31,34). The molecule has 182 valence electrons. The van der Waals surface area contributed by atoms with Gasteiger partial charge in [-0.25, -0.2) is 13.6 Å². The van der Waals surface area contributed by atoms with E-state index in [2.05, 4.69) is 5.32 Å². The maximum Gasteiger partial charge on any atom is 0.416 e. The van der Waals surface area contributed by atoms with Crippen LogP contribution in [0.15, 0.2) is 66.7 Å². The third-order valence-corrected chi connectivity index (χ3v) is 5.55. The normalized spacial score (nSPS) is 14.3. The quantitative estimate of drug-likeness (QED) is 0.443. The fourth-order valence-electron chi connectivity index (χ4n) is 3.83. The van der Waals surface area contributed by atoms with E-state index in [1.807, 2.05) is 0 Å². The largest absolute Gasteiger partial charge is 0.416 e. The lowest BCUT2D eigenvalue weighted by atomic mass is 10.1. The minimum atomic E-state index is -4.46. The molecule has 0 unspecified atom stereocenters. The molecule has 3 aromatic carbocycles. The summed E-state index contributed by atoms with van der Waals surface area (Å²) < 4.78 is 65.9. The van der Waals surface area contributed by atoms with Crippen LogP contribution in [0.25, 0.3) is 0 Å². The lowest BCUT2D eigenvalue weighted by Crippen LogP contribution is -2.49. The molecule has 0 radical (unpaired) electrons. The maximum atomic E-state index is 13.8. The number of hydrogen-bond donors (Lipinski definition) is 1. The molecule has 0 saturated carbocycles. The van der Waals surface area contributed by atoms with Gasteiger partial charge >= 0.3 is 12.2 Å². The Balaban J connectivity index is 1.43. The summed E-state index contributed by atoms with van der Waals surface area (Å²) in [5, 5.41) is 2.51. The fourth-order valence-corrected chi connectivity index (χ4v) is 3.83. The van der Waals surface area contributed by atoms with E-state index in [1.54, 1.807) is 18.2 Å². The Hall–Kier alpha value is -3.95. The average Bonchev–Trinajstić information content (AvgIpc) is 2.81. The molecular weight excluding hydrogens is 469 g/mol. The van der Waals surface area contributed by atoms with Gasteiger partial charge in [-0.3, -0.25) is 9.69 Å². The number of carbonyl (C=O) groups excluding carboxylic acids is 2. The predicted octanol–water partition coefficient (Wildman–Crippen LogP) is 6.07. The molecule has 0 aromatic heterocycles. The Morgan fingerprint density at radius 2 is 1.69 bits per heavy atom. The number of carbonyl (C=O) groups is 2. The smallest absolute Gasteiger partial charge is 0.322 e. The summed E-state index contributed by atoms with van der Waals surface area (Å²) >= 11 is 0. The van der Waals surface area contributed by atoms with Crippen LogP contribution in [0.3, 0.4) is 0 Å². The second-order valence-electron chi connectivity index (χ2n) is 8.03. The van der Waals surface area contributed by atoms with Gasteiger partial charge in [0.05, 0.1) is 11.1 Å². The predicted molar refractivity (Wildman–Crippen MR) is 120 cm³/mol. The van der Waals surface area contributed by atoms with Crippen molar-refractivity contribution >= 4 is 23.3 Å². The molecule has 1 fully saturated rings. The van der Waals surface area contributed by atoms with Crippen molar-refractivity contribution in [1.29, 1.82) is 0 Å². The highest BCUT2D eigenvalue weighted by molar-refractivity contribution is 6.04. The monoisotopic (exact) mass is 489 g/mol. The molecular formula is C25H20F5N3O2. The lowest BCUT2D eigenvalue weighted by molar-refractivity contribution is -0.137. The van der Waals surface area contributed by atoms with Crippen LogP contribution in [0.5, 0.6) is 0 Å². The summed E-state index contributed by atoms with van der Waals surface area (Å²) in [7, 11) is 0. The van der Waals surface area contributed by atoms with Gasteiger partial charge in [-0.15, -0.1) is 0 Å². The van der Waals surface area contributed by atoms with Crippen LogP contribution in [0, 0.1) is 11.6 Å². The lowest BCUT2D eigenvalue weighted by Gasteiger charge is -2.35. The van der Waals surface area contributed by atoms with Crippen molar-refractivity contribution in [2.75, 3.05) is 23.3 Å². The highest BCUT2D eigenvalue weighted by Gasteiger charge is 2.31. The zero-order valence-corrected chi connectivity index (χ0v) is 18.3. The van der Waals surface area contributed by atoms with Crippen molar-refractivity contribution in [3.05, 3.63) is 95.1 Å². The second-order valence-corrected chi connectivity index (χ2v) is 8.03. The van der Waals surface area contributed by atoms with Crippen LogP contribution >= 0.6 is 0 Å². The topological polar surface area (TPSA) is 52.7 Å². The van der Waals surface area contributed by atoms with E-state index in [-0.39, 0.29) is 18.1 Å². The maximum absolute atomic E-state index is 13.8. The van der Waals surface area contributed by atoms with Crippen molar-refractivity contribution in [1.82, 2.24) is 4.90 Å². The number of rotatable bonds is 5. The number of amides is 3. The summed E-state index contributed by atoms with van der Waals surface area (Å²) in [5.74, 6) is -2.54. The van der Waals surface area contributed by atoms with Crippen LogP contribution in [0.4, 0.5) is 38.1 Å². The van der Waals surface area contributed by atoms with Gasteiger partial charge in [0.2, 0.25) is 0 Å². The molecule has 4 rings (SSSR count). The molecule has 0 spiro atoms. The summed E-state index contributed by atoms with van der Waals surface area (Å²) in [6.45, 7) is 0.865. The van der Waals surface area contributed by atoms with Gasteiger partial charge in [0.25, 0.3) is 5.91 Å². The van der Waals surface area contributed by atoms with E-state index < -0.39 is 29.3 Å². The van der Waals surface area contributed by atoms with Gasteiger partial charge in [0.1, 0.15) is 11.6 Å². The summed E-state index contributed by atoms with van der Waals surface area (Å²) in [5.41, 5.74) is 0.171. The molecule has 3 aromatic rings. The van der Waals surface area contributed by atoms with E-state index in [0.29, 0.717) is 42.5 Å². The van der Waals surface area contributed by atoms with Crippen molar-refractivity contribution in [2.45, 2.75) is 19.1 Å². The molecule has 5 nitrogen and oxygen atoms in total. The first kappa shape index (κ1) is 24.2. The van der Waals surface area contributed by atoms with Gasteiger partial charge in [-0.2, -0.15) is 13.2 Å². The molecule has 1 heterocycles. The highest BCUT2D eigenvalue weighted by atomic mass is 19.4. The molecule has 1 N–H and O–H groups in total. The zero-order valence-electron chi connectivity index (χ0n) is 18.3. The summed E-state index contributed by atoms with van der Waals surface area (Å²) in [4.78, 5) is 28.3. The van der Waals surface area contributed by atoms with Gasteiger partial charge < -0.3 is 10.2 Å². The van der Waals surface area contributed by atoms with Gasteiger partial charge in [-0.1, -0.05) is 12.1 Å². The number of alkyl halides is 3. The molecule has 35 heavy (non-hydrogen) atoms. The number of benzene rings is 3. The molecule has 10 heteroatoms. The Morgan fingerprint density at radius 3 is 2.37 bits per heavy atom. The Labute approximate surface area is 197 Å². The average molecular weight is 489 g/mol. The molecule has 3 amide bonds. The number of nitrogens with one attached hydrogen (secondary N) is 1. The number of nitrogens with zero attached hydrogens (tertiary/aromatic N) is 2. The first-order valence-corrected chi connectivity index (χ1v) is 10.7. The highest BCUT2D eigenvalue weighted by Crippen LogP contribution is 2.30. The minimum Gasteiger partial charge on any atom is -0.322 e. The third kappa shape index (κ3) is 5.59. The third-order valence-electron chi connectivity index (χ3n) is 5.55. The summed E-state index contributed by atoms with van der Waals surface area (Å²) in [6.07, 6.45) is -3.85. The molecule has 1 saturated heterocycles. The summed E-state index contributed by atoms with van der Waals surface area (Å²) in [6, 6.07) is 13.4. The van der Waals surface area contributed by atoms with Crippen LogP contribution in [-0.4, -0.2) is 29.9 Å². The van der Waals surface area contributed by atoms with Gasteiger partial charge in [-0.05, 0) is 60.5 Å². The van der Waals surface area contributed by atoms with Crippen LogP contribution < -0.4 is 10.2 Å². The van der Waals surface area contributed by atoms with E-state index >= 15 is 0 Å². The van der Waals surface area contributed by atoms with Gasteiger partial charge in [0.15, 0.2) is 0 Å². The van der Waals surface area contributed by atoms with Crippen molar-refractivity contribution in [2.24, 2.45) is 0 Å². The molecule has 0 bridgehead atoms. The molecule has 0 atom stereocenters. The minimum absolute atomic E-state index is 0.0383. The molecule has 1 aliphatic rings. The Bertz CT molecular complexity index is 1240. The van der Waals surface area contributed by atoms with E-state index in [0.717, 1.165) is 24.3 Å². The number of urea groups is 1. The number of halogens is 5.